The molecule has 0 aliphatic heterocycles. The van der Waals surface area contributed by atoms with Crippen molar-refractivity contribution in [3.05, 3.63) is 66.5 Å². The molecule has 25 heavy (non-hydrogen) atoms. The second-order valence-corrected chi connectivity index (χ2v) is 6.53. The Hall–Kier alpha value is -2.16. The average molecular weight is 340 g/mol. The van der Waals surface area contributed by atoms with Crippen molar-refractivity contribution in [1.29, 1.82) is 0 Å². The van der Waals surface area contributed by atoms with Gasteiger partial charge in [0.05, 0.1) is 12.5 Å². The molecule has 0 spiro atoms. The van der Waals surface area contributed by atoms with Gasteiger partial charge >= 0.3 is 5.97 Å². The summed E-state index contributed by atoms with van der Waals surface area (Å²) in [6, 6.07) is 16.0. The Labute approximate surface area is 151 Å². The summed E-state index contributed by atoms with van der Waals surface area (Å²) in [4.78, 5) is 12.0. The number of pyridine rings is 1. The zero-order valence-electron chi connectivity index (χ0n) is 15.3. The Bertz CT molecular complexity index is 598. The summed E-state index contributed by atoms with van der Waals surface area (Å²) >= 11 is 0. The van der Waals surface area contributed by atoms with Crippen LogP contribution in [0.5, 0.6) is 0 Å². The third-order valence-corrected chi connectivity index (χ3v) is 4.49. The monoisotopic (exact) mass is 340 g/mol. The molecule has 0 saturated heterocycles. The minimum atomic E-state index is -0.184. The molecule has 0 amide bonds. The molecule has 0 N–H and O–H groups in total. The number of rotatable bonds is 11. The van der Waals surface area contributed by atoms with Crippen molar-refractivity contribution in [3.8, 4) is 0 Å². The van der Waals surface area contributed by atoms with Crippen LogP contribution in [0.4, 0.5) is 0 Å². The van der Waals surface area contributed by atoms with Crippen LogP contribution in [-0.2, 0) is 16.1 Å². The van der Waals surface area contributed by atoms with Crippen LogP contribution in [0.1, 0.15) is 56.9 Å². The summed E-state index contributed by atoms with van der Waals surface area (Å²) in [7, 11) is 0. The fourth-order valence-corrected chi connectivity index (χ4v) is 2.86. The third kappa shape index (κ3) is 7.51. The Kier molecular flexibility index (Phi) is 8.74. The maximum atomic E-state index is 12.0. The number of carbonyl (C=O) groups excluding carboxylic acids is 1. The van der Waals surface area contributed by atoms with Gasteiger partial charge in [-0.2, -0.15) is 0 Å². The summed E-state index contributed by atoms with van der Waals surface area (Å²) < 4.78 is 7.63. The van der Waals surface area contributed by atoms with Crippen molar-refractivity contribution in [1.82, 2.24) is 0 Å². The summed E-state index contributed by atoms with van der Waals surface area (Å²) in [6.45, 7) is 3.54. The highest BCUT2D eigenvalue weighted by molar-refractivity contribution is 5.77. The molecule has 0 unspecified atom stereocenters. The van der Waals surface area contributed by atoms with Gasteiger partial charge in [0.15, 0.2) is 12.4 Å². The lowest BCUT2D eigenvalue weighted by Gasteiger charge is -2.11. The highest BCUT2D eigenvalue weighted by Gasteiger charge is 2.15. The van der Waals surface area contributed by atoms with Gasteiger partial charge in [0.25, 0.3) is 0 Å². The van der Waals surface area contributed by atoms with E-state index in [9.17, 15) is 4.79 Å². The molecule has 134 valence electrons. The molecule has 1 aromatic carbocycles. The number of carbonyl (C=O) groups is 1. The zero-order valence-corrected chi connectivity index (χ0v) is 15.3. The van der Waals surface area contributed by atoms with Gasteiger partial charge in [0, 0.05) is 18.6 Å². The number of esters is 1. The predicted molar refractivity (Wildman–Crippen MR) is 100 cm³/mol. The molecule has 1 heterocycles. The first kappa shape index (κ1) is 19.2. The van der Waals surface area contributed by atoms with Gasteiger partial charge in [-0.15, -0.1) is 0 Å². The summed E-state index contributed by atoms with van der Waals surface area (Å²) in [5, 5.41) is 0. The summed E-state index contributed by atoms with van der Waals surface area (Å²) in [5.74, 6) is -0.303. The van der Waals surface area contributed by atoms with Crippen molar-refractivity contribution < 1.29 is 14.1 Å². The molecule has 3 heteroatoms. The molecule has 2 rings (SSSR count). The fourth-order valence-electron chi connectivity index (χ4n) is 2.86. The van der Waals surface area contributed by atoms with Crippen LogP contribution in [0.25, 0.3) is 0 Å². The molecule has 0 fully saturated rings. The zero-order chi connectivity index (χ0) is 17.7. The highest BCUT2D eigenvalue weighted by atomic mass is 16.5. The van der Waals surface area contributed by atoms with E-state index >= 15 is 0 Å². The van der Waals surface area contributed by atoms with Gasteiger partial charge in [-0.25, -0.2) is 4.57 Å². The van der Waals surface area contributed by atoms with E-state index in [1.54, 1.807) is 0 Å². The molecular formula is C22H30NO2+. The summed E-state index contributed by atoms with van der Waals surface area (Å²) in [6.07, 6.45) is 11.3. The lowest BCUT2D eigenvalue weighted by atomic mass is 10.0. The molecule has 3 nitrogen and oxygen atoms in total. The number of nitrogens with zero attached hydrogens (tertiary/aromatic N) is 1. The molecule has 1 aromatic heterocycles. The fraction of sp³-hybridized carbons (Fsp3) is 0.455. The van der Waals surface area contributed by atoms with E-state index in [1.807, 2.05) is 43.3 Å². The topological polar surface area (TPSA) is 30.2 Å². The van der Waals surface area contributed by atoms with E-state index in [0.717, 1.165) is 24.9 Å². The van der Waals surface area contributed by atoms with Crippen molar-refractivity contribution in [3.63, 3.8) is 0 Å². The normalized spacial score (nSPS) is 11.9. The van der Waals surface area contributed by atoms with E-state index in [-0.39, 0.29) is 11.9 Å². The van der Waals surface area contributed by atoms with Crippen LogP contribution in [0.2, 0.25) is 0 Å². The van der Waals surface area contributed by atoms with Gasteiger partial charge in [-0.1, -0.05) is 55.7 Å². The molecule has 1 atom stereocenters. The Morgan fingerprint density at radius 1 is 0.880 bits per heavy atom. The van der Waals surface area contributed by atoms with Crippen LogP contribution < -0.4 is 4.57 Å². The molecule has 0 bridgehead atoms. The second kappa shape index (κ2) is 11.4. The molecule has 0 saturated carbocycles. The van der Waals surface area contributed by atoms with Crippen molar-refractivity contribution in [2.45, 2.75) is 57.9 Å². The van der Waals surface area contributed by atoms with Gasteiger partial charge in [-0.3, -0.25) is 4.79 Å². The van der Waals surface area contributed by atoms with Crippen LogP contribution >= 0.6 is 0 Å². The first-order valence-electron chi connectivity index (χ1n) is 9.43. The quantitative estimate of drug-likeness (QED) is 0.338. The largest absolute Gasteiger partial charge is 0.465 e. The van der Waals surface area contributed by atoms with Crippen LogP contribution in [0.15, 0.2) is 60.9 Å². The number of ether oxygens (including phenoxy) is 1. The number of aromatic nitrogens is 1. The molecule has 2 aromatic rings. The van der Waals surface area contributed by atoms with Gasteiger partial charge in [0.1, 0.15) is 6.54 Å². The smallest absolute Gasteiger partial charge is 0.313 e. The molecular weight excluding hydrogens is 310 g/mol. The predicted octanol–water partition coefficient (Wildman–Crippen LogP) is 4.66. The standard InChI is InChI=1S/C22H30NO2/c1-20(21-14-8-6-9-15-21)22(24)25-19-13-5-3-2-4-10-16-23-17-11-7-12-18-23/h6-9,11-12,14-15,17-18,20H,2-5,10,13,16,19H2,1H3/q+1/t20-/m1/s1. The molecule has 0 radical (unpaired) electrons. The minimum Gasteiger partial charge on any atom is -0.465 e. The van der Waals surface area contributed by atoms with Gasteiger partial charge in [0.2, 0.25) is 0 Å². The average Bonchev–Trinajstić information content (AvgIpc) is 2.67. The van der Waals surface area contributed by atoms with Crippen LogP contribution in [0.3, 0.4) is 0 Å². The van der Waals surface area contributed by atoms with Crippen molar-refractivity contribution in [2.75, 3.05) is 6.61 Å². The SMILES string of the molecule is C[C@@H](C(=O)OCCCCCCCC[n+]1ccccc1)c1ccccc1. The second-order valence-electron chi connectivity index (χ2n) is 6.53. The molecule has 0 aliphatic rings. The van der Waals surface area contributed by atoms with Crippen LogP contribution in [-0.4, -0.2) is 12.6 Å². The van der Waals surface area contributed by atoms with E-state index in [0.29, 0.717) is 6.61 Å². The van der Waals surface area contributed by atoms with Crippen molar-refractivity contribution >= 4 is 5.97 Å². The van der Waals surface area contributed by atoms with E-state index in [4.69, 9.17) is 4.74 Å². The Morgan fingerprint density at radius 3 is 2.20 bits per heavy atom. The first-order chi connectivity index (χ1) is 12.3. The molecule has 0 aliphatic carbocycles. The third-order valence-electron chi connectivity index (χ3n) is 4.49. The lowest BCUT2D eigenvalue weighted by molar-refractivity contribution is -0.697. The highest BCUT2D eigenvalue weighted by Crippen LogP contribution is 2.16. The first-order valence-corrected chi connectivity index (χ1v) is 9.43. The Balaban J connectivity index is 1.46. The number of unbranched alkanes of at least 4 members (excludes halogenated alkanes) is 5. The maximum Gasteiger partial charge on any atom is 0.313 e. The van der Waals surface area contributed by atoms with Gasteiger partial charge in [-0.05, 0) is 25.3 Å². The van der Waals surface area contributed by atoms with E-state index < -0.39 is 0 Å². The van der Waals surface area contributed by atoms with E-state index in [2.05, 4.69) is 29.1 Å². The maximum absolute atomic E-state index is 12.0. The number of benzene rings is 1. The minimum absolute atomic E-state index is 0.119. The number of aryl methyl sites for hydroxylation is 1. The summed E-state index contributed by atoms with van der Waals surface area (Å²) in [5.41, 5.74) is 1.02. The lowest BCUT2D eigenvalue weighted by Crippen LogP contribution is -2.32. The number of hydrogen-bond acceptors (Lipinski definition) is 2. The Morgan fingerprint density at radius 2 is 1.48 bits per heavy atom. The van der Waals surface area contributed by atoms with E-state index in [1.165, 1.54) is 25.7 Å². The number of hydrogen-bond donors (Lipinski definition) is 0. The van der Waals surface area contributed by atoms with Crippen LogP contribution in [0, 0.1) is 0 Å². The van der Waals surface area contributed by atoms with Gasteiger partial charge < -0.3 is 4.74 Å². The van der Waals surface area contributed by atoms with Crippen molar-refractivity contribution in [2.24, 2.45) is 0 Å².